The lowest BCUT2D eigenvalue weighted by Gasteiger charge is -2.27. The van der Waals surface area contributed by atoms with Gasteiger partial charge in [-0.25, -0.2) is 4.90 Å². The van der Waals surface area contributed by atoms with Gasteiger partial charge in [0.05, 0.1) is 23.6 Å². The van der Waals surface area contributed by atoms with Crippen LogP contribution in [0.15, 0.2) is 72.8 Å². The second-order valence-corrected chi connectivity index (χ2v) is 9.27. The number of ketones is 2. The third kappa shape index (κ3) is 2.55. The van der Waals surface area contributed by atoms with E-state index in [0.29, 0.717) is 21.8 Å². The maximum Gasteiger partial charge on any atom is 0.241 e. The summed E-state index contributed by atoms with van der Waals surface area (Å²) in [4.78, 5) is 56.3. The predicted molar refractivity (Wildman–Crippen MR) is 124 cm³/mol. The van der Waals surface area contributed by atoms with E-state index in [9.17, 15) is 19.2 Å². The van der Waals surface area contributed by atoms with Crippen LogP contribution in [-0.4, -0.2) is 29.0 Å². The Morgan fingerprint density at radius 2 is 1.44 bits per heavy atom. The van der Waals surface area contributed by atoms with Crippen LogP contribution in [0, 0.1) is 18.8 Å². The van der Waals surface area contributed by atoms with Crippen molar-refractivity contribution in [3.05, 3.63) is 100 Å². The van der Waals surface area contributed by atoms with Gasteiger partial charge in [0.25, 0.3) is 0 Å². The van der Waals surface area contributed by atoms with Crippen molar-refractivity contribution < 1.29 is 23.9 Å². The summed E-state index contributed by atoms with van der Waals surface area (Å²) in [6.07, 6.45) is -0.936. The zero-order valence-electron chi connectivity index (χ0n) is 18.0. The van der Waals surface area contributed by atoms with E-state index in [0.717, 1.165) is 4.90 Å². The Hall–Kier alpha value is -3.61. The lowest BCUT2D eigenvalue weighted by atomic mass is 9.77. The largest absolute Gasteiger partial charge is 0.349 e. The number of aryl methyl sites for hydroxylation is 1. The van der Waals surface area contributed by atoms with E-state index in [1.54, 1.807) is 73.7 Å². The Balaban J connectivity index is 1.57. The quantitative estimate of drug-likeness (QED) is 0.410. The highest BCUT2D eigenvalue weighted by Gasteiger charge is 2.74. The van der Waals surface area contributed by atoms with Crippen molar-refractivity contribution in [2.75, 3.05) is 4.90 Å². The van der Waals surface area contributed by atoms with Crippen LogP contribution in [0.25, 0.3) is 0 Å². The molecule has 0 radical (unpaired) electrons. The summed E-state index contributed by atoms with van der Waals surface area (Å²) < 4.78 is 6.26. The Labute approximate surface area is 200 Å². The first-order chi connectivity index (χ1) is 16.4. The van der Waals surface area contributed by atoms with E-state index < -0.39 is 46.9 Å². The number of hydrogen-bond donors (Lipinski definition) is 0. The highest BCUT2D eigenvalue weighted by atomic mass is 35.5. The number of amides is 2. The lowest BCUT2D eigenvalue weighted by molar-refractivity contribution is -0.127. The molecule has 3 aromatic carbocycles. The van der Waals surface area contributed by atoms with Crippen LogP contribution in [0.5, 0.6) is 0 Å². The molecule has 2 heterocycles. The molecular formula is C27H18ClNO5. The molecule has 168 valence electrons. The maximum atomic E-state index is 13.9. The molecule has 3 aliphatic rings. The Kier molecular flexibility index (Phi) is 4.43. The highest BCUT2D eigenvalue weighted by molar-refractivity contribution is 6.37. The minimum atomic E-state index is -2.08. The molecule has 1 spiro atoms. The molecule has 0 bridgehead atoms. The first kappa shape index (κ1) is 21.0. The SMILES string of the molecule is Cc1ccc(Cl)cc1N1C(=O)[C@@H]2[C@@H](c3ccccc3)OC3(C(=O)c4ccccc4C3=O)[C@H]2C1=O. The summed E-state index contributed by atoms with van der Waals surface area (Å²) in [6.45, 7) is 1.77. The molecule has 0 aromatic heterocycles. The molecule has 7 heteroatoms. The van der Waals surface area contributed by atoms with Gasteiger partial charge in [0.15, 0.2) is 0 Å². The zero-order chi connectivity index (χ0) is 23.8. The summed E-state index contributed by atoms with van der Waals surface area (Å²) in [6, 6.07) is 20.3. The average molecular weight is 472 g/mol. The van der Waals surface area contributed by atoms with Crippen molar-refractivity contribution >= 4 is 40.7 Å². The molecule has 2 aliphatic heterocycles. The van der Waals surface area contributed by atoms with Gasteiger partial charge >= 0.3 is 0 Å². The molecule has 2 saturated heterocycles. The number of rotatable bonds is 2. The molecular weight excluding hydrogens is 454 g/mol. The fourth-order valence-electron chi connectivity index (χ4n) is 5.52. The van der Waals surface area contributed by atoms with Gasteiger partial charge in [-0.05, 0) is 30.2 Å². The number of hydrogen-bond acceptors (Lipinski definition) is 5. The standard InChI is InChI=1S/C27H18ClNO5/c1-14-11-12-16(28)13-19(14)29-25(32)20-21(26(29)33)27(34-22(20)15-7-3-2-4-8-15)23(30)17-9-5-6-10-18(17)24(27)31/h2-13,20-22H,1H3/t20-,21+,22+/m0/s1. The first-order valence-corrected chi connectivity index (χ1v) is 11.3. The number of anilines is 1. The van der Waals surface area contributed by atoms with Crippen molar-refractivity contribution in [3.8, 4) is 0 Å². The van der Waals surface area contributed by atoms with Gasteiger partial charge in [-0.2, -0.15) is 0 Å². The molecule has 1 aliphatic carbocycles. The second-order valence-electron chi connectivity index (χ2n) is 8.83. The van der Waals surface area contributed by atoms with Crippen LogP contribution in [0.3, 0.4) is 0 Å². The fourth-order valence-corrected chi connectivity index (χ4v) is 5.69. The lowest BCUT2D eigenvalue weighted by Crippen LogP contribution is -2.51. The Morgan fingerprint density at radius 1 is 0.824 bits per heavy atom. The van der Waals surface area contributed by atoms with Gasteiger partial charge in [0.2, 0.25) is 29.0 Å². The minimum Gasteiger partial charge on any atom is -0.349 e. The van der Waals surface area contributed by atoms with E-state index in [2.05, 4.69) is 0 Å². The molecule has 0 unspecified atom stereocenters. The number of carbonyl (C=O) groups excluding carboxylic acids is 4. The normalized spacial score (nSPS) is 24.8. The fraction of sp³-hybridized carbons (Fsp3) is 0.185. The number of Topliss-reactive ketones (excluding diaryl/α,β-unsaturated/α-hetero) is 2. The molecule has 3 aromatic rings. The van der Waals surface area contributed by atoms with Crippen molar-refractivity contribution in [2.45, 2.75) is 18.6 Å². The van der Waals surface area contributed by atoms with Crippen LogP contribution in [0.4, 0.5) is 5.69 Å². The Morgan fingerprint density at radius 3 is 2.09 bits per heavy atom. The van der Waals surface area contributed by atoms with Crippen molar-refractivity contribution in [1.82, 2.24) is 0 Å². The number of benzene rings is 3. The first-order valence-electron chi connectivity index (χ1n) is 10.9. The summed E-state index contributed by atoms with van der Waals surface area (Å²) >= 11 is 6.18. The number of carbonyl (C=O) groups is 4. The van der Waals surface area contributed by atoms with Crippen LogP contribution in [0.1, 0.15) is 37.9 Å². The molecule has 2 fully saturated rings. The maximum absolute atomic E-state index is 13.9. The van der Waals surface area contributed by atoms with Gasteiger partial charge in [0, 0.05) is 16.1 Å². The van der Waals surface area contributed by atoms with Crippen LogP contribution in [-0.2, 0) is 14.3 Å². The van der Waals surface area contributed by atoms with Gasteiger partial charge < -0.3 is 4.74 Å². The van der Waals surface area contributed by atoms with E-state index >= 15 is 0 Å². The molecule has 6 nitrogen and oxygen atoms in total. The monoisotopic (exact) mass is 471 g/mol. The van der Waals surface area contributed by atoms with E-state index in [-0.39, 0.29) is 11.1 Å². The van der Waals surface area contributed by atoms with Gasteiger partial charge in [-0.1, -0.05) is 72.3 Å². The van der Waals surface area contributed by atoms with E-state index in [4.69, 9.17) is 16.3 Å². The minimum absolute atomic E-state index is 0.206. The van der Waals surface area contributed by atoms with Gasteiger partial charge in [0.1, 0.15) is 0 Å². The third-order valence-corrected chi connectivity index (χ3v) is 7.29. The summed E-state index contributed by atoms with van der Waals surface area (Å²) in [5.41, 5.74) is -0.0334. The number of ether oxygens (including phenoxy) is 1. The summed E-state index contributed by atoms with van der Waals surface area (Å²) in [5, 5.41) is 0.365. The molecule has 34 heavy (non-hydrogen) atoms. The second kappa shape index (κ2) is 7.19. The van der Waals surface area contributed by atoms with Crippen molar-refractivity contribution in [1.29, 1.82) is 0 Å². The molecule has 0 saturated carbocycles. The molecule has 0 N–H and O–H groups in total. The van der Waals surface area contributed by atoms with Crippen LogP contribution in [0.2, 0.25) is 5.02 Å². The van der Waals surface area contributed by atoms with E-state index in [1.807, 2.05) is 6.07 Å². The number of imide groups is 1. The number of nitrogens with zero attached hydrogens (tertiary/aromatic N) is 1. The van der Waals surface area contributed by atoms with Gasteiger partial charge in [-0.15, -0.1) is 0 Å². The van der Waals surface area contributed by atoms with Crippen molar-refractivity contribution in [2.24, 2.45) is 11.8 Å². The summed E-state index contributed by atoms with van der Waals surface area (Å²) in [5.74, 6) is -4.61. The average Bonchev–Trinajstić information content (AvgIpc) is 3.41. The number of halogens is 1. The molecule has 6 rings (SSSR count). The predicted octanol–water partition coefficient (Wildman–Crippen LogP) is 4.34. The topological polar surface area (TPSA) is 80.8 Å². The smallest absolute Gasteiger partial charge is 0.241 e. The van der Waals surface area contributed by atoms with Gasteiger partial charge in [-0.3, -0.25) is 19.2 Å². The molecule has 2 amide bonds. The van der Waals surface area contributed by atoms with Crippen LogP contribution >= 0.6 is 11.6 Å². The van der Waals surface area contributed by atoms with E-state index in [1.165, 1.54) is 0 Å². The highest BCUT2D eigenvalue weighted by Crippen LogP contribution is 2.57. The Bertz CT molecular complexity index is 1380. The summed E-state index contributed by atoms with van der Waals surface area (Å²) in [7, 11) is 0. The zero-order valence-corrected chi connectivity index (χ0v) is 18.8. The van der Waals surface area contributed by atoms with Crippen molar-refractivity contribution in [3.63, 3.8) is 0 Å². The van der Waals surface area contributed by atoms with Crippen LogP contribution < -0.4 is 4.90 Å². The number of fused-ring (bicyclic) bond motifs is 3. The third-order valence-electron chi connectivity index (χ3n) is 7.06. The molecule has 3 atom stereocenters.